The van der Waals surface area contributed by atoms with E-state index in [0.717, 1.165) is 17.4 Å². The van der Waals surface area contributed by atoms with E-state index in [-0.39, 0.29) is 12.1 Å². The van der Waals surface area contributed by atoms with Crippen LogP contribution in [0.5, 0.6) is 0 Å². The van der Waals surface area contributed by atoms with Gasteiger partial charge in [0.1, 0.15) is 0 Å². The SMILES string of the molecule is CS(=O)(=O)NCc1ccc(C(=O)O)c(SCc2ccccc2)c1. The van der Waals surface area contributed by atoms with Gasteiger partial charge in [0.25, 0.3) is 0 Å². The zero-order chi connectivity index (χ0) is 16.9. The molecule has 0 unspecified atom stereocenters. The van der Waals surface area contributed by atoms with E-state index in [2.05, 4.69) is 4.72 Å². The number of carboxylic acids is 1. The molecule has 2 rings (SSSR count). The zero-order valence-corrected chi connectivity index (χ0v) is 14.2. The van der Waals surface area contributed by atoms with Crippen molar-refractivity contribution in [3.05, 3.63) is 65.2 Å². The molecule has 0 spiro atoms. The van der Waals surface area contributed by atoms with Crippen LogP contribution >= 0.6 is 11.8 Å². The first-order valence-corrected chi connectivity index (χ1v) is 9.70. The van der Waals surface area contributed by atoms with Gasteiger partial charge in [0.15, 0.2) is 0 Å². The Bertz CT molecular complexity index is 789. The van der Waals surface area contributed by atoms with E-state index in [1.807, 2.05) is 30.3 Å². The Labute approximate surface area is 139 Å². The van der Waals surface area contributed by atoms with Crippen molar-refractivity contribution in [2.45, 2.75) is 17.2 Å². The standard InChI is InChI=1S/C16H17NO4S2/c1-23(20,21)17-10-13-7-8-14(16(18)19)15(9-13)22-11-12-5-3-2-4-6-12/h2-9,17H,10-11H2,1H3,(H,18,19). The number of hydrogen-bond acceptors (Lipinski definition) is 4. The summed E-state index contributed by atoms with van der Waals surface area (Å²) in [6, 6.07) is 14.6. The fourth-order valence-electron chi connectivity index (χ4n) is 1.92. The van der Waals surface area contributed by atoms with E-state index in [0.29, 0.717) is 10.6 Å². The predicted molar refractivity (Wildman–Crippen MR) is 91.1 cm³/mol. The average molecular weight is 351 g/mol. The molecular weight excluding hydrogens is 334 g/mol. The lowest BCUT2D eigenvalue weighted by Crippen LogP contribution is -2.21. The molecule has 5 nitrogen and oxygen atoms in total. The first-order chi connectivity index (χ1) is 10.8. The number of thioether (sulfide) groups is 1. The second kappa shape index (κ2) is 7.63. The topological polar surface area (TPSA) is 83.5 Å². The quantitative estimate of drug-likeness (QED) is 0.750. The Kier molecular flexibility index (Phi) is 5.81. The maximum Gasteiger partial charge on any atom is 0.336 e. The van der Waals surface area contributed by atoms with Gasteiger partial charge in [-0.2, -0.15) is 0 Å². The Morgan fingerprint density at radius 2 is 1.83 bits per heavy atom. The number of carboxylic acid groups (broad SMARTS) is 1. The van der Waals surface area contributed by atoms with Crippen molar-refractivity contribution in [1.82, 2.24) is 4.72 Å². The van der Waals surface area contributed by atoms with E-state index >= 15 is 0 Å². The number of nitrogens with one attached hydrogen (secondary N) is 1. The molecular formula is C16H17NO4S2. The maximum absolute atomic E-state index is 11.3. The second-order valence-electron chi connectivity index (χ2n) is 5.00. The van der Waals surface area contributed by atoms with Crippen LogP contribution in [-0.2, 0) is 22.3 Å². The number of aromatic carboxylic acids is 1. The largest absolute Gasteiger partial charge is 0.478 e. The van der Waals surface area contributed by atoms with Crippen molar-refractivity contribution >= 4 is 27.8 Å². The van der Waals surface area contributed by atoms with E-state index in [1.165, 1.54) is 17.8 Å². The molecule has 0 aliphatic rings. The summed E-state index contributed by atoms with van der Waals surface area (Å²) in [5.41, 5.74) is 2.03. The third-order valence-electron chi connectivity index (χ3n) is 3.05. The van der Waals surface area contributed by atoms with Crippen LogP contribution < -0.4 is 4.72 Å². The summed E-state index contributed by atoms with van der Waals surface area (Å²) >= 11 is 1.42. The van der Waals surface area contributed by atoms with Gasteiger partial charge in [-0.15, -0.1) is 11.8 Å². The number of hydrogen-bond donors (Lipinski definition) is 2. The summed E-state index contributed by atoms with van der Waals surface area (Å²) in [6.07, 6.45) is 1.09. The third-order valence-corrected chi connectivity index (χ3v) is 4.85. The number of sulfonamides is 1. The molecule has 0 radical (unpaired) electrons. The van der Waals surface area contributed by atoms with Crippen LogP contribution in [-0.4, -0.2) is 25.7 Å². The number of benzene rings is 2. The summed E-state index contributed by atoms with van der Waals surface area (Å²) in [6.45, 7) is 0.137. The van der Waals surface area contributed by atoms with Crippen LogP contribution in [0.3, 0.4) is 0 Å². The molecule has 0 heterocycles. The van der Waals surface area contributed by atoms with Crippen molar-refractivity contribution < 1.29 is 18.3 Å². The monoisotopic (exact) mass is 351 g/mol. The molecule has 0 aliphatic carbocycles. The summed E-state index contributed by atoms with van der Waals surface area (Å²) in [7, 11) is -3.29. The molecule has 0 amide bonds. The van der Waals surface area contributed by atoms with Crippen LogP contribution in [0, 0.1) is 0 Å². The minimum Gasteiger partial charge on any atom is -0.478 e. The van der Waals surface area contributed by atoms with Gasteiger partial charge in [0, 0.05) is 17.2 Å². The highest BCUT2D eigenvalue weighted by Crippen LogP contribution is 2.27. The molecule has 2 N–H and O–H groups in total. The number of rotatable bonds is 7. The number of carbonyl (C=O) groups is 1. The van der Waals surface area contributed by atoms with Crippen molar-refractivity contribution in [3.63, 3.8) is 0 Å². The van der Waals surface area contributed by atoms with Crippen molar-refractivity contribution in [2.24, 2.45) is 0 Å². The van der Waals surface area contributed by atoms with Crippen LogP contribution in [0.2, 0.25) is 0 Å². The van der Waals surface area contributed by atoms with Gasteiger partial charge in [-0.1, -0.05) is 36.4 Å². The fourth-order valence-corrected chi connectivity index (χ4v) is 3.41. The Morgan fingerprint density at radius 1 is 1.13 bits per heavy atom. The third kappa shape index (κ3) is 5.70. The van der Waals surface area contributed by atoms with Gasteiger partial charge < -0.3 is 5.11 Å². The van der Waals surface area contributed by atoms with Gasteiger partial charge >= 0.3 is 5.97 Å². The molecule has 23 heavy (non-hydrogen) atoms. The molecule has 0 saturated carbocycles. The Morgan fingerprint density at radius 3 is 2.43 bits per heavy atom. The Balaban J connectivity index is 2.18. The normalized spacial score (nSPS) is 11.3. The van der Waals surface area contributed by atoms with Gasteiger partial charge in [-0.3, -0.25) is 0 Å². The molecule has 2 aromatic carbocycles. The maximum atomic E-state index is 11.3. The minimum absolute atomic E-state index is 0.137. The Hall–Kier alpha value is -1.83. The summed E-state index contributed by atoms with van der Waals surface area (Å²) in [5, 5.41) is 9.29. The molecule has 0 bridgehead atoms. The highest BCUT2D eigenvalue weighted by molar-refractivity contribution is 7.98. The molecule has 7 heteroatoms. The minimum atomic E-state index is -3.29. The molecule has 0 aromatic heterocycles. The highest BCUT2D eigenvalue weighted by Gasteiger charge is 2.12. The highest BCUT2D eigenvalue weighted by atomic mass is 32.2. The van der Waals surface area contributed by atoms with Crippen molar-refractivity contribution in [1.29, 1.82) is 0 Å². The van der Waals surface area contributed by atoms with Gasteiger partial charge in [0.2, 0.25) is 10.0 Å². The smallest absolute Gasteiger partial charge is 0.336 e. The molecule has 0 atom stereocenters. The van der Waals surface area contributed by atoms with E-state index in [4.69, 9.17) is 0 Å². The molecule has 0 fully saturated rings. The van der Waals surface area contributed by atoms with Crippen LogP contribution in [0.15, 0.2) is 53.4 Å². The van der Waals surface area contributed by atoms with Crippen LogP contribution in [0.25, 0.3) is 0 Å². The molecule has 122 valence electrons. The molecule has 0 aliphatic heterocycles. The van der Waals surface area contributed by atoms with Crippen LogP contribution in [0.4, 0.5) is 0 Å². The van der Waals surface area contributed by atoms with E-state index < -0.39 is 16.0 Å². The van der Waals surface area contributed by atoms with Crippen molar-refractivity contribution in [2.75, 3.05) is 6.26 Å². The summed E-state index contributed by atoms with van der Waals surface area (Å²) in [4.78, 5) is 12.0. The average Bonchev–Trinajstić information content (AvgIpc) is 2.51. The van der Waals surface area contributed by atoms with E-state index in [9.17, 15) is 18.3 Å². The van der Waals surface area contributed by atoms with Gasteiger partial charge in [-0.25, -0.2) is 17.9 Å². The fraction of sp³-hybridized carbons (Fsp3) is 0.188. The van der Waals surface area contributed by atoms with E-state index in [1.54, 1.807) is 12.1 Å². The lowest BCUT2D eigenvalue weighted by atomic mass is 10.1. The molecule has 0 saturated heterocycles. The lowest BCUT2D eigenvalue weighted by Gasteiger charge is -2.09. The summed E-state index contributed by atoms with van der Waals surface area (Å²) < 4.78 is 24.7. The van der Waals surface area contributed by atoms with Gasteiger partial charge in [-0.05, 0) is 23.3 Å². The first-order valence-electron chi connectivity index (χ1n) is 6.83. The van der Waals surface area contributed by atoms with Crippen LogP contribution in [0.1, 0.15) is 21.5 Å². The molecule has 2 aromatic rings. The first kappa shape index (κ1) is 17.5. The van der Waals surface area contributed by atoms with Crippen molar-refractivity contribution in [3.8, 4) is 0 Å². The second-order valence-corrected chi connectivity index (χ2v) is 7.85. The lowest BCUT2D eigenvalue weighted by molar-refractivity contribution is 0.0693. The van der Waals surface area contributed by atoms with Gasteiger partial charge in [0.05, 0.1) is 11.8 Å². The summed E-state index contributed by atoms with van der Waals surface area (Å²) in [5.74, 6) is -0.354. The predicted octanol–water partition coefficient (Wildman–Crippen LogP) is 2.73. The zero-order valence-electron chi connectivity index (χ0n) is 12.5.